The van der Waals surface area contributed by atoms with Gasteiger partial charge in [-0.15, -0.1) is 9.60 Å². The van der Waals surface area contributed by atoms with Gasteiger partial charge in [0.15, 0.2) is 0 Å². The van der Waals surface area contributed by atoms with E-state index >= 15 is 0 Å². The minimum atomic E-state index is -0.367. The highest BCUT2D eigenvalue weighted by Gasteiger charge is 2.06. The van der Waals surface area contributed by atoms with Gasteiger partial charge >= 0.3 is 0 Å². The van der Waals surface area contributed by atoms with E-state index in [0.29, 0.717) is 13.1 Å². The minimum absolute atomic E-state index is 0.174. The number of nitrogens with zero attached hydrogens (tertiary/aromatic N) is 1. The lowest BCUT2D eigenvalue weighted by Gasteiger charge is -2.15. The molecule has 1 aromatic carbocycles. The molecule has 0 N–H and O–H groups in total. The second-order valence-corrected chi connectivity index (χ2v) is 3.79. The van der Waals surface area contributed by atoms with Crippen LogP contribution in [0.25, 0.3) is 0 Å². The first-order valence-electron chi connectivity index (χ1n) is 5.01. The zero-order valence-corrected chi connectivity index (χ0v) is 9.18. The monoisotopic (exact) mass is 233 g/mol. The van der Waals surface area contributed by atoms with Crippen LogP contribution in [-0.4, -0.2) is 18.2 Å². The second kappa shape index (κ2) is 6.75. The molecule has 0 spiro atoms. The van der Waals surface area contributed by atoms with Gasteiger partial charge in [-0.3, -0.25) is 0 Å². The molecule has 0 saturated carbocycles. The summed E-state index contributed by atoms with van der Waals surface area (Å²) >= 11 is 5.33. The van der Waals surface area contributed by atoms with Gasteiger partial charge in [-0.1, -0.05) is 30.2 Å². The Hall–Kier alpha value is -0.670. The SMILES string of the molecule is FN1CCCCC1.Fc1ccccc1Cl. The Labute approximate surface area is 93.6 Å². The van der Waals surface area contributed by atoms with Gasteiger partial charge < -0.3 is 0 Å². The van der Waals surface area contributed by atoms with Crippen molar-refractivity contribution >= 4 is 11.6 Å². The Kier molecular flexibility index (Phi) is 5.58. The minimum Gasteiger partial charge on any atom is -0.205 e. The van der Waals surface area contributed by atoms with E-state index < -0.39 is 0 Å². The Bertz CT molecular complexity index is 267. The standard InChI is InChI=1S/C6H4ClF.C5H10FN/c7-5-3-1-2-4-6(5)8;6-7-4-2-1-3-5-7/h1-4H;1-5H2. The van der Waals surface area contributed by atoms with Crippen molar-refractivity contribution in [2.24, 2.45) is 0 Å². The van der Waals surface area contributed by atoms with E-state index in [9.17, 15) is 8.87 Å². The van der Waals surface area contributed by atoms with Gasteiger partial charge in [-0.25, -0.2) is 4.39 Å². The van der Waals surface area contributed by atoms with Crippen LogP contribution >= 0.6 is 11.6 Å². The molecule has 0 aromatic heterocycles. The summed E-state index contributed by atoms with van der Waals surface area (Å²) in [6.45, 7) is 1.31. The molecule has 1 nitrogen and oxygen atoms in total. The molecule has 1 aromatic rings. The Morgan fingerprint density at radius 1 is 1.07 bits per heavy atom. The molecule has 0 amide bonds. The molecule has 1 heterocycles. The smallest absolute Gasteiger partial charge is 0.141 e. The maximum atomic E-state index is 12.2. The maximum Gasteiger partial charge on any atom is 0.141 e. The van der Waals surface area contributed by atoms with Crippen LogP contribution in [0.5, 0.6) is 0 Å². The molecular formula is C11H14ClF2N. The fraction of sp³-hybridized carbons (Fsp3) is 0.455. The summed E-state index contributed by atoms with van der Waals surface area (Å²) < 4.78 is 24.2. The Balaban J connectivity index is 0.000000151. The summed E-state index contributed by atoms with van der Waals surface area (Å²) in [4.78, 5) is 0. The third-order valence-electron chi connectivity index (χ3n) is 2.13. The predicted molar refractivity (Wildman–Crippen MR) is 57.9 cm³/mol. The van der Waals surface area contributed by atoms with Crippen molar-refractivity contribution in [1.29, 1.82) is 0 Å². The summed E-state index contributed by atoms with van der Waals surface area (Å²) in [5.74, 6) is -0.367. The fourth-order valence-electron chi connectivity index (χ4n) is 1.29. The lowest BCUT2D eigenvalue weighted by Crippen LogP contribution is -2.20. The molecule has 84 valence electrons. The van der Waals surface area contributed by atoms with Crippen LogP contribution in [0.3, 0.4) is 0 Å². The number of hydrogen-bond donors (Lipinski definition) is 0. The molecule has 2 rings (SSSR count). The summed E-state index contributed by atoms with van der Waals surface area (Å²) in [5.41, 5.74) is 0. The molecule has 0 aliphatic carbocycles. The zero-order valence-electron chi connectivity index (χ0n) is 8.43. The quantitative estimate of drug-likeness (QED) is 0.616. The highest BCUT2D eigenvalue weighted by molar-refractivity contribution is 6.30. The summed E-state index contributed by atoms with van der Waals surface area (Å²) in [7, 11) is 0. The molecule has 0 bridgehead atoms. The molecule has 0 atom stereocenters. The molecule has 1 aliphatic rings. The molecular weight excluding hydrogens is 220 g/mol. The van der Waals surface area contributed by atoms with Crippen LogP contribution in [0, 0.1) is 5.82 Å². The molecule has 1 aliphatic heterocycles. The third-order valence-corrected chi connectivity index (χ3v) is 2.43. The zero-order chi connectivity index (χ0) is 11.1. The largest absolute Gasteiger partial charge is 0.205 e. The number of rotatable bonds is 0. The van der Waals surface area contributed by atoms with Crippen molar-refractivity contribution in [2.75, 3.05) is 13.1 Å². The van der Waals surface area contributed by atoms with Crippen molar-refractivity contribution in [1.82, 2.24) is 5.12 Å². The molecule has 1 fully saturated rings. The lowest BCUT2D eigenvalue weighted by molar-refractivity contribution is 0.00630. The lowest BCUT2D eigenvalue weighted by atomic mass is 10.2. The van der Waals surface area contributed by atoms with Crippen LogP contribution in [-0.2, 0) is 0 Å². The van der Waals surface area contributed by atoms with Crippen LogP contribution in [0.1, 0.15) is 19.3 Å². The van der Waals surface area contributed by atoms with Crippen molar-refractivity contribution in [3.05, 3.63) is 35.1 Å². The van der Waals surface area contributed by atoms with Crippen molar-refractivity contribution in [3.8, 4) is 0 Å². The van der Waals surface area contributed by atoms with Crippen LogP contribution in [0.2, 0.25) is 5.02 Å². The van der Waals surface area contributed by atoms with Crippen molar-refractivity contribution < 1.29 is 8.87 Å². The highest BCUT2D eigenvalue weighted by atomic mass is 35.5. The van der Waals surface area contributed by atoms with Gasteiger partial charge in [0.05, 0.1) is 5.02 Å². The van der Waals surface area contributed by atoms with E-state index in [0.717, 1.165) is 18.0 Å². The second-order valence-electron chi connectivity index (χ2n) is 3.38. The van der Waals surface area contributed by atoms with E-state index in [2.05, 4.69) is 0 Å². The van der Waals surface area contributed by atoms with E-state index in [1.165, 1.54) is 18.6 Å². The van der Waals surface area contributed by atoms with Crippen LogP contribution in [0.4, 0.5) is 8.87 Å². The summed E-state index contributed by atoms with van der Waals surface area (Å²) in [6.07, 6.45) is 3.29. The van der Waals surface area contributed by atoms with Gasteiger partial charge in [0.2, 0.25) is 0 Å². The first-order valence-corrected chi connectivity index (χ1v) is 5.38. The molecule has 1 saturated heterocycles. The maximum absolute atomic E-state index is 12.2. The number of halogens is 3. The first-order chi connectivity index (χ1) is 7.20. The topological polar surface area (TPSA) is 3.24 Å². The molecule has 0 radical (unpaired) electrons. The third kappa shape index (κ3) is 5.09. The normalized spacial score (nSPS) is 16.7. The summed E-state index contributed by atoms with van der Waals surface area (Å²) in [5, 5.41) is 1.07. The Morgan fingerprint density at radius 3 is 2.00 bits per heavy atom. The van der Waals surface area contributed by atoms with E-state index in [4.69, 9.17) is 11.6 Å². The summed E-state index contributed by atoms with van der Waals surface area (Å²) in [6, 6.07) is 6.12. The number of benzene rings is 1. The molecule has 15 heavy (non-hydrogen) atoms. The number of hydrogen-bond acceptors (Lipinski definition) is 1. The Morgan fingerprint density at radius 2 is 1.67 bits per heavy atom. The first kappa shape index (κ1) is 12.4. The van der Waals surface area contributed by atoms with Gasteiger partial charge in [0.1, 0.15) is 5.82 Å². The van der Waals surface area contributed by atoms with Gasteiger partial charge in [-0.2, -0.15) is 0 Å². The van der Waals surface area contributed by atoms with Gasteiger partial charge in [0, 0.05) is 13.1 Å². The van der Waals surface area contributed by atoms with Crippen molar-refractivity contribution in [2.45, 2.75) is 19.3 Å². The predicted octanol–water partition coefficient (Wildman–Crippen LogP) is 3.84. The molecule has 0 unspecified atom stereocenters. The van der Waals surface area contributed by atoms with Crippen molar-refractivity contribution in [3.63, 3.8) is 0 Å². The average molecular weight is 234 g/mol. The van der Waals surface area contributed by atoms with Crippen LogP contribution in [0.15, 0.2) is 24.3 Å². The van der Waals surface area contributed by atoms with E-state index in [1.54, 1.807) is 12.1 Å². The highest BCUT2D eigenvalue weighted by Crippen LogP contribution is 2.11. The molecule has 4 heteroatoms. The van der Waals surface area contributed by atoms with E-state index in [-0.39, 0.29) is 10.8 Å². The van der Waals surface area contributed by atoms with Gasteiger partial charge in [-0.05, 0) is 25.0 Å². The fourth-order valence-corrected chi connectivity index (χ4v) is 1.43. The van der Waals surface area contributed by atoms with E-state index in [1.807, 2.05) is 0 Å². The average Bonchev–Trinajstić information content (AvgIpc) is 2.25. The van der Waals surface area contributed by atoms with Gasteiger partial charge in [0.25, 0.3) is 0 Å². The van der Waals surface area contributed by atoms with Crippen LogP contribution < -0.4 is 0 Å². The number of piperidine rings is 1.